The van der Waals surface area contributed by atoms with Crippen LogP contribution in [0.2, 0.25) is 0 Å². The van der Waals surface area contributed by atoms with Gasteiger partial charge in [0.25, 0.3) is 0 Å². The van der Waals surface area contributed by atoms with Crippen molar-refractivity contribution in [1.82, 2.24) is 4.98 Å². The van der Waals surface area contributed by atoms with Gasteiger partial charge in [-0.1, -0.05) is 39.5 Å². The van der Waals surface area contributed by atoms with Crippen LogP contribution in [0.1, 0.15) is 44.6 Å². The first-order valence-electron chi connectivity index (χ1n) is 8.20. The van der Waals surface area contributed by atoms with Gasteiger partial charge in [-0.25, -0.2) is 4.39 Å². The van der Waals surface area contributed by atoms with Gasteiger partial charge in [-0.05, 0) is 43.0 Å². The molecule has 0 aliphatic carbocycles. The molecule has 1 aliphatic heterocycles. The zero-order chi connectivity index (χ0) is 17.2. The van der Waals surface area contributed by atoms with Crippen LogP contribution in [0.25, 0.3) is 0 Å². The molecule has 2 rings (SSSR count). The van der Waals surface area contributed by atoms with Crippen molar-refractivity contribution in [3.8, 4) is 0 Å². The van der Waals surface area contributed by atoms with Gasteiger partial charge in [-0.3, -0.25) is 4.98 Å². The highest BCUT2D eigenvalue weighted by Crippen LogP contribution is 2.39. The number of halogens is 1. The Hall–Kier alpha value is -1.90. The lowest BCUT2D eigenvalue weighted by molar-refractivity contribution is 0.546. The molecule has 3 heteroatoms. The number of anilines is 1. The van der Waals surface area contributed by atoms with Crippen LogP contribution in [0.4, 0.5) is 10.1 Å². The van der Waals surface area contributed by atoms with E-state index in [1.807, 2.05) is 13.0 Å². The summed E-state index contributed by atoms with van der Waals surface area (Å²) in [5, 5.41) is 0. The van der Waals surface area contributed by atoms with E-state index in [-0.39, 0.29) is 5.41 Å². The number of likely N-dealkylation sites (N-methyl/N-ethyl adjacent to an activating group) is 1. The first-order chi connectivity index (χ1) is 10.8. The van der Waals surface area contributed by atoms with Gasteiger partial charge in [-0.15, -0.1) is 0 Å². The maximum absolute atomic E-state index is 12.9. The number of aryl methyl sites for hydroxylation is 1. The Bertz CT molecular complexity index is 668. The Labute approximate surface area is 139 Å². The van der Waals surface area contributed by atoms with Gasteiger partial charge < -0.3 is 4.90 Å². The maximum atomic E-state index is 12.9. The van der Waals surface area contributed by atoms with E-state index in [0.29, 0.717) is 0 Å². The average Bonchev–Trinajstić information content (AvgIpc) is 2.71. The third kappa shape index (κ3) is 3.72. The molecule has 2 nitrogen and oxygen atoms in total. The minimum atomic E-state index is -0.423. The molecule has 0 bridgehead atoms. The standard InChI is InChI=1S/C20H27FN2/c1-7-15(10-9-14(3)21)11-16-12-18-19(22-17(16)8-2)20(4,5)13-23(18)6/h7,9-10,12H,3,8,11,13H2,1-2,4-6H3/b10-9-,15-7+. The van der Waals surface area contributed by atoms with Crippen molar-refractivity contribution in [2.24, 2.45) is 0 Å². The number of hydrogen-bond acceptors (Lipinski definition) is 2. The third-order valence-electron chi connectivity index (χ3n) is 4.43. The van der Waals surface area contributed by atoms with Crippen LogP contribution in [0, 0.1) is 0 Å². The van der Waals surface area contributed by atoms with Crippen LogP contribution in [-0.4, -0.2) is 18.6 Å². The summed E-state index contributed by atoms with van der Waals surface area (Å²) in [6.45, 7) is 12.9. The first-order valence-corrected chi connectivity index (χ1v) is 8.20. The minimum absolute atomic E-state index is 0.0851. The molecular weight excluding hydrogens is 287 g/mol. The topological polar surface area (TPSA) is 16.1 Å². The Morgan fingerprint density at radius 1 is 1.43 bits per heavy atom. The number of nitrogens with zero attached hydrogens (tertiary/aromatic N) is 2. The number of pyridine rings is 1. The van der Waals surface area contributed by atoms with E-state index in [1.54, 1.807) is 6.08 Å². The largest absolute Gasteiger partial charge is 0.372 e. The van der Waals surface area contributed by atoms with E-state index in [2.05, 4.69) is 45.4 Å². The molecule has 1 aromatic heterocycles. The third-order valence-corrected chi connectivity index (χ3v) is 4.43. The summed E-state index contributed by atoms with van der Waals surface area (Å²) in [7, 11) is 2.12. The molecule has 0 saturated carbocycles. The summed E-state index contributed by atoms with van der Waals surface area (Å²) in [6.07, 6.45) is 6.89. The molecule has 0 atom stereocenters. The Morgan fingerprint density at radius 3 is 2.70 bits per heavy atom. The molecule has 0 fully saturated rings. The summed E-state index contributed by atoms with van der Waals surface area (Å²) < 4.78 is 12.9. The average molecular weight is 314 g/mol. The second-order valence-electron chi connectivity index (χ2n) is 6.88. The number of rotatable bonds is 5. The highest BCUT2D eigenvalue weighted by Gasteiger charge is 2.35. The molecule has 23 heavy (non-hydrogen) atoms. The number of allylic oxidation sites excluding steroid dienone is 5. The second-order valence-corrected chi connectivity index (χ2v) is 6.88. The molecule has 1 aliphatic rings. The monoisotopic (exact) mass is 314 g/mol. The summed E-state index contributed by atoms with van der Waals surface area (Å²) in [6, 6.07) is 2.26. The molecule has 2 heterocycles. The van der Waals surface area contributed by atoms with Gasteiger partial charge in [0, 0.05) is 24.7 Å². The second kappa shape index (κ2) is 6.69. The van der Waals surface area contributed by atoms with Crippen molar-refractivity contribution in [2.75, 3.05) is 18.5 Å². The summed E-state index contributed by atoms with van der Waals surface area (Å²) >= 11 is 0. The van der Waals surface area contributed by atoms with Crippen molar-refractivity contribution < 1.29 is 4.39 Å². The summed E-state index contributed by atoms with van der Waals surface area (Å²) in [5.74, 6) is -0.423. The van der Waals surface area contributed by atoms with Gasteiger partial charge in [-0.2, -0.15) is 0 Å². The lowest BCUT2D eigenvalue weighted by atomic mass is 9.90. The van der Waals surface area contributed by atoms with E-state index in [4.69, 9.17) is 4.98 Å². The van der Waals surface area contributed by atoms with Crippen LogP contribution < -0.4 is 4.90 Å². The first kappa shape index (κ1) is 17.5. The predicted octanol–water partition coefficient (Wildman–Crippen LogP) is 4.90. The van der Waals surface area contributed by atoms with Gasteiger partial charge >= 0.3 is 0 Å². The zero-order valence-electron chi connectivity index (χ0n) is 14.9. The highest BCUT2D eigenvalue weighted by atomic mass is 19.1. The van der Waals surface area contributed by atoms with Gasteiger partial charge in [0.1, 0.15) is 5.83 Å². The van der Waals surface area contributed by atoms with Crippen molar-refractivity contribution >= 4 is 5.69 Å². The van der Waals surface area contributed by atoms with Crippen LogP contribution >= 0.6 is 0 Å². The maximum Gasteiger partial charge on any atom is 0.116 e. The van der Waals surface area contributed by atoms with Gasteiger partial charge in [0.2, 0.25) is 0 Å². The molecule has 0 spiro atoms. The SMILES string of the molecule is C=C(F)/C=C\C(=C/C)Cc1cc2c(nc1CC)C(C)(C)CN2C. The van der Waals surface area contributed by atoms with Crippen LogP contribution in [0.3, 0.4) is 0 Å². The van der Waals surface area contributed by atoms with E-state index in [9.17, 15) is 4.39 Å². The normalized spacial score (nSPS) is 17.0. The minimum Gasteiger partial charge on any atom is -0.372 e. The van der Waals surface area contributed by atoms with E-state index < -0.39 is 5.83 Å². The van der Waals surface area contributed by atoms with Gasteiger partial charge in [0.15, 0.2) is 0 Å². The molecule has 0 N–H and O–H groups in total. The van der Waals surface area contributed by atoms with Crippen LogP contribution in [0.5, 0.6) is 0 Å². The number of hydrogen-bond donors (Lipinski definition) is 0. The molecule has 1 aromatic rings. The lowest BCUT2D eigenvalue weighted by Crippen LogP contribution is -2.25. The van der Waals surface area contributed by atoms with Crippen molar-refractivity contribution in [1.29, 1.82) is 0 Å². The molecule has 0 radical (unpaired) electrons. The fourth-order valence-electron chi connectivity index (χ4n) is 3.26. The van der Waals surface area contributed by atoms with E-state index in [0.717, 1.165) is 30.7 Å². The summed E-state index contributed by atoms with van der Waals surface area (Å²) in [4.78, 5) is 7.25. The molecule has 0 saturated heterocycles. The number of fused-ring (bicyclic) bond motifs is 1. The molecular formula is C20H27FN2. The molecule has 0 aromatic carbocycles. The Balaban J connectivity index is 2.40. The smallest absolute Gasteiger partial charge is 0.116 e. The number of aromatic nitrogens is 1. The quantitative estimate of drug-likeness (QED) is 0.719. The Morgan fingerprint density at radius 2 is 2.13 bits per heavy atom. The van der Waals surface area contributed by atoms with Crippen LogP contribution in [0.15, 0.2) is 42.3 Å². The van der Waals surface area contributed by atoms with Crippen molar-refractivity contribution in [3.63, 3.8) is 0 Å². The Kier molecular flexibility index (Phi) is 5.08. The van der Waals surface area contributed by atoms with E-state index in [1.165, 1.54) is 23.0 Å². The zero-order valence-corrected chi connectivity index (χ0v) is 14.9. The molecule has 0 unspecified atom stereocenters. The predicted molar refractivity (Wildman–Crippen MR) is 96.8 cm³/mol. The van der Waals surface area contributed by atoms with Gasteiger partial charge in [0.05, 0.1) is 11.4 Å². The van der Waals surface area contributed by atoms with Crippen LogP contribution in [-0.2, 0) is 18.3 Å². The fourth-order valence-corrected chi connectivity index (χ4v) is 3.26. The van der Waals surface area contributed by atoms with E-state index >= 15 is 0 Å². The fraction of sp³-hybridized carbons (Fsp3) is 0.450. The molecule has 0 amide bonds. The lowest BCUT2D eigenvalue weighted by Gasteiger charge is -2.18. The molecule has 124 valence electrons. The highest BCUT2D eigenvalue weighted by molar-refractivity contribution is 5.61. The van der Waals surface area contributed by atoms with Crippen molar-refractivity contribution in [3.05, 3.63) is 59.2 Å². The van der Waals surface area contributed by atoms with Crippen molar-refractivity contribution in [2.45, 2.75) is 46.0 Å². The summed E-state index contributed by atoms with van der Waals surface area (Å²) in [5.41, 5.74) is 5.92.